The van der Waals surface area contributed by atoms with Crippen molar-refractivity contribution >= 4 is 22.8 Å². The number of piperidine rings is 2. The standard InChI is InChI=1S/C32H48N4O3/c1-4-6-8-9-13-24(12-7-5-2)35-25-17-16-22(3)29(35)19-26(18-25)36-28-15-11-10-14-27(28)33-30(31(36)37)34-20-23(21-34)32(38)39/h10-11,14-15,22-26,29H,4-9,12-13,16-21H2,1-3H3,(H,38,39). The molecule has 1 aromatic carbocycles. The summed E-state index contributed by atoms with van der Waals surface area (Å²) in [5.41, 5.74) is 1.68. The molecule has 2 bridgehead atoms. The molecule has 3 saturated heterocycles. The molecule has 0 amide bonds. The van der Waals surface area contributed by atoms with Gasteiger partial charge >= 0.3 is 5.97 Å². The van der Waals surface area contributed by atoms with Crippen LogP contribution in [0.15, 0.2) is 29.1 Å². The fourth-order valence-electron chi connectivity index (χ4n) is 7.63. The van der Waals surface area contributed by atoms with E-state index < -0.39 is 11.9 Å². The number of nitrogens with zero attached hydrogens (tertiary/aromatic N) is 4. The molecule has 7 heteroatoms. The van der Waals surface area contributed by atoms with Gasteiger partial charge in [0.15, 0.2) is 5.82 Å². The largest absolute Gasteiger partial charge is 0.481 e. The number of carbonyl (C=O) groups is 1. The molecule has 7 nitrogen and oxygen atoms in total. The number of carboxylic acid groups (broad SMARTS) is 1. The van der Waals surface area contributed by atoms with Crippen LogP contribution in [0.4, 0.5) is 5.82 Å². The molecule has 0 aliphatic carbocycles. The Labute approximate surface area is 233 Å². The van der Waals surface area contributed by atoms with Crippen molar-refractivity contribution in [3.63, 3.8) is 0 Å². The lowest BCUT2D eigenvalue weighted by atomic mass is 9.74. The summed E-state index contributed by atoms with van der Waals surface area (Å²) in [6.07, 6.45) is 14.9. The second kappa shape index (κ2) is 12.4. The van der Waals surface area contributed by atoms with Crippen LogP contribution in [0.3, 0.4) is 0 Å². The van der Waals surface area contributed by atoms with Crippen LogP contribution < -0.4 is 10.5 Å². The third kappa shape index (κ3) is 5.75. The number of hydrogen-bond donors (Lipinski definition) is 1. The summed E-state index contributed by atoms with van der Waals surface area (Å²) >= 11 is 0. The highest BCUT2D eigenvalue weighted by atomic mass is 16.4. The average Bonchev–Trinajstić information content (AvgIpc) is 2.89. The third-order valence-electron chi connectivity index (χ3n) is 9.85. The van der Waals surface area contributed by atoms with E-state index in [9.17, 15) is 14.7 Å². The van der Waals surface area contributed by atoms with Gasteiger partial charge < -0.3 is 14.6 Å². The Bertz CT molecular complexity index is 1190. The minimum Gasteiger partial charge on any atom is -0.481 e. The SMILES string of the molecule is CCCCCCC(CCCC)N1C2CCC(C)C1CC(n1c(=O)c(N3CC(C(=O)O)C3)nc3ccccc31)C2. The van der Waals surface area contributed by atoms with Gasteiger partial charge in [0.2, 0.25) is 0 Å². The van der Waals surface area contributed by atoms with Gasteiger partial charge in [-0.05, 0) is 56.6 Å². The van der Waals surface area contributed by atoms with Crippen LogP contribution in [0, 0.1) is 11.8 Å². The molecule has 3 aliphatic rings. The predicted octanol–water partition coefficient (Wildman–Crippen LogP) is 6.25. The zero-order chi connectivity index (χ0) is 27.5. The van der Waals surface area contributed by atoms with Crippen LogP contribution in [0.5, 0.6) is 0 Å². The van der Waals surface area contributed by atoms with E-state index in [1.807, 2.05) is 33.7 Å². The first kappa shape index (κ1) is 28.1. The molecule has 5 rings (SSSR count). The number of aliphatic carboxylic acids is 1. The molecule has 39 heavy (non-hydrogen) atoms. The lowest BCUT2D eigenvalue weighted by Crippen LogP contribution is -2.60. The molecule has 1 N–H and O–H groups in total. The summed E-state index contributed by atoms with van der Waals surface area (Å²) in [5.74, 6) is -0.178. The van der Waals surface area contributed by atoms with E-state index in [0.717, 1.165) is 23.9 Å². The van der Waals surface area contributed by atoms with Crippen molar-refractivity contribution in [3.8, 4) is 0 Å². The van der Waals surface area contributed by atoms with Gasteiger partial charge in [0.25, 0.3) is 5.56 Å². The summed E-state index contributed by atoms with van der Waals surface area (Å²) in [5, 5.41) is 9.38. The molecule has 3 aliphatic heterocycles. The molecular weight excluding hydrogens is 488 g/mol. The zero-order valence-electron chi connectivity index (χ0n) is 24.2. The van der Waals surface area contributed by atoms with Crippen LogP contribution in [0.1, 0.15) is 104 Å². The minimum atomic E-state index is -0.797. The highest BCUT2D eigenvalue weighted by Gasteiger charge is 2.45. The number of para-hydroxylation sites is 2. The Balaban J connectivity index is 1.45. The summed E-state index contributed by atoms with van der Waals surface area (Å²) < 4.78 is 2.05. The zero-order valence-corrected chi connectivity index (χ0v) is 24.2. The van der Waals surface area contributed by atoms with Gasteiger partial charge in [-0.15, -0.1) is 0 Å². The molecule has 5 unspecified atom stereocenters. The van der Waals surface area contributed by atoms with Gasteiger partial charge in [-0.3, -0.25) is 14.5 Å². The number of rotatable bonds is 12. The van der Waals surface area contributed by atoms with Crippen LogP contribution in [-0.2, 0) is 4.79 Å². The third-order valence-corrected chi connectivity index (χ3v) is 9.85. The van der Waals surface area contributed by atoms with Crippen molar-refractivity contribution in [2.45, 2.75) is 122 Å². The summed E-state index contributed by atoms with van der Waals surface area (Å²) in [7, 11) is 0. The van der Waals surface area contributed by atoms with Crippen molar-refractivity contribution in [1.29, 1.82) is 0 Å². The lowest BCUT2D eigenvalue weighted by molar-refractivity contribution is -0.142. The second-order valence-electron chi connectivity index (χ2n) is 12.5. The number of unbranched alkanes of at least 4 members (excludes halogenated alkanes) is 4. The summed E-state index contributed by atoms with van der Waals surface area (Å²) in [6, 6.07) is 9.79. The van der Waals surface area contributed by atoms with E-state index >= 15 is 0 Å². The average molecular weight is 537 g/mol. The first-order chi connectivity index (χ1) is 18.9. The van der Waals surface area contributed by atoms with E-state index in [1.54, 1.807) is 0 Å². The first-order valence-corrected chi connectivity index (χ1v) is 15.7. The van der Waals surface area contributed by atoms with Crippen molar-refractivity contribution in [2.24, 2.45) is 11.8 Å². The van der Waals surface area contributed by atoms with Gasteiger partial charge in [0, 0.05) is 37.3 Å². The molecule has 1 aromatic heterocycles. The van der Waals surface area contributed by atoms with Gasteiger partial charge in [-0.25, -0.2) is 4.98 Å². The fraction of sp³-hybridized carbons (Fsp3) is 0.719. The fourth-order valence-corrected chi connectivity index (χ4v) is 7.63. The minimum absolute atomic E-state index is 0.0520. The van der Waals surface area contributed by atoms with Gasteiger partial charge in [-0.1, -0.05) is 71.4 Å². The van der Waals surface area contributed by atoms with Gasteiger partial charge in [-0.2, -0.15) is 0 Å². The maximum absolute atomic E-state index is 14.1. The molecule has 214 valence electrons. The first-order valence-electron chi connectivity index (χ1n) is 15.7. The van der Waals surface area contributed by atoms with E-state index in [2.05, 4.69) is 25.7 Å². The monoisotopic (exact) mass is 536 g/mol. The maximum atomic E-state index is 14.1. The van der Waals surface area contributed by atoms with Crippen molar-refractivity contribution < 1.29 is 9.90 Å². The normalized spacial score (nSPS) is 26.5. The van der Waals surface area contributed by atoms with Crippen molar-refractivity contribution in [1.82, 2.24) is 14.5 Å². The molecule has 0 spiro atoms. The van der Waals surface area contributed by atoms with Crippen LogP contribution >= 0.6 is 0 Å². The second-order valence-corrected chi connectivity index (χ2v) is 12.5. The van der Waals surface area contributed by atoms with Crippen molar-refractivity contribution in [3.05, 3.63) is 34.6 Å². The number of aromatic nitrogens is 2. The van der Waals surface area contributed by atoms with Crippen molar-refractivity contribution in [2.75, 3.05) is 18.0 Å². The molecular formula is C32H48N4O3. The van der Waals surface area contributed by atoms with Gasteiger partial charge in [0.05, 0.1) is 17.0 Å². The quantitative estimate of drug-likeness (QED) is 0.323. The highest BCUT2D eigenvalue weighted by molar-refractivity contribution is 5.78. The Hall–Kier alpha value is -2.41. The smallest absolute Gasteiger partial charge is 0.310 e. The van der Waals surface area contributed by atoms with E-state index in [4.69, 9.17) is 4.98 Å². The Kier molecular flexibility index (Phi) is 8.95. The summed E-state index contributed by atoms with van der Waals surface area (Å²) in [6.45, 7) is 7.73. The number of benzene rings is 1. The predicted molar refractivity (Wildman–Crippen MR) is 157 cm³/mol. The van der Waals surface area contributed by atoms with Crippen LogP contribution in [0.2, 0.25) is 0 Å². The topological polar surface area (TPSA) is 78.7 Å². The number of fused-ring (bicyclic) bond motifs is 3. The van der Waals surface area contributed by atoms with E-state index in [0.29, 0.717) is 43.0 Å². The molecule has 2 aromatic rings. The molecule has 5 atom stereocenters. The molecule has 0 saturated carbocycles. The Morgan fingerprint density at radius 2 is 1.74 bits per heavy atom. The maximum Gasteiger partial charge on any atom is 0.310 e. The molecule has 3 fully saturated rings. The molecule has 0 radical (unpaired) electrons. The lowest BCUT2D eigenvalue weighted by Gasteiger charge is -2.55. The molecule has 4 heterocycles. The van der Waals surface area contributed by atoms with Gasteiger partial charge in [0.1, 0.15) is 0 Å². The number of carboxylic acids is 1. The van der Waals surface area contributed by atoms with Crippen LogP contribution in [-0.4, -0.2) is 56.7 Å². The Morgan fingerprint density at radius 1 is 1.00 bits per heavy atom. The Morgan fingerprint density at radius 3 is 2.49 bits per heavy atom. The highest BCUT2D eigenvalue weighted by Crippen LogP contribution is 2.44. The van der Waals surface area contributed by atoms with Crippen LogP contribution in [0.25, 0.3) is 11.0 Å². The number of anilines is 1. The summed E-state index contributed by atoms with van der Waals surface area (Å²) in [4.78, 5) is 35.0. The number of hydrogen-bond acceptors (Lipinski definition) is 5. The van der Waals surface area contributed by atoms with E-state index in [-0.39, 0.29) is 11.6 Å². The van der Waals surface area contributed by atoms with E-state index in [1.165, 1.54) is 64.2 Å².